The zero-order valence-electron chi connectivity index (χ0n) is 16.5. The van der Waals surface area contributed by atoms with Crippen LogP contribution in [0.4, 0.5) is 0 Å². The molecule has 0 spiro atoms. The molecule has 0 radical (unpaired) electrons. The van der Waals surface area contributed by atoms with Gasteiger partial charge in [-0.05, 0) is 35.7 Å². The van der Waals surface area contributed by atoms with Crippen LogP contribution in [0, 0.1) is 12.8 Å². The number of hydrogen-bond donors (Lipinski definition) is 1. The third-order valence-corrected chi connectivity index (χ3v) is 5.43. The highest BCUT2D eigenvalue weighted by molar-refractivity contribution is 5.95. The molecule has 1 fully saturated rings. The van der Waals surface area contributed by atoms with Crippen molar-refractivity contribution < 1.29 is 9.59 Å². The summed E-state index contributed by atoms with van der Waals surface area (Å²) in [5.41, 5.74) is 9.31. The molecule has 4 rings (SSSR count). The molecule has 1 aliphatic heterocycles. The van der Waals surface area contributed by atoms with E-state index in [2.05, 4.69) is 10.2 Å². The number of likely N-dealkylation sites (tertiary alicyclic amines) is 1. The third-order valence-electron chi connectivity index (χ3n) is 5.43. The van der Waals surface area contributed by atoms with Crippen molar-refractivity contribution in [1.29, 1.82) is 0 Å². The average molecular weight is 392 g/mol. The van der Waals surface area contributed by atoms with Crippen molar-refractivity contribution in [1.82, 2.24) is 24.5 Å². The van der Waals surface area contributed by atoms with Crippen molar-refractivity contribution in [3.8, 4) is 0 Å². The van der Waals surface area contributed by atoms with Gasteiger partial charge in [0, 0.05) is 44.0 Å². The number of aromatic nitrogens is 4. The lowest BCUT2D eigenvalue weighted by Gasteiger charge is -2.16. The van der Waals surface area contributed by atoms with Crippen LogP contribution in [-0.4, -0.2) is 49.4 Å². The lowest BCUT2D eigenvalue weighted by Crippen LogP contribution is -2.32. The SMILES string of the molecule is Cc1cnn(Cc2ccc(C(=O)N3C[C@H](C(N)=O)[C@@H](c4cnn(C)c4)C3)cc2)c1. The zero-order valence-corrected chi connectivity index (χ0v) is 16.5. The summed E-state index contributed by atoms with van der Waals surface area (Å²) >= 11 is 0. The molecule has 2 amide bonds. The van der Waals surface area contributed by atoms with Crippen LogP contribution >= 0.6 is 0 Å². The minimum Gasteiger partial charge on any atom is -0.369 e. The van der Waals surface area contributed by atoms with Gasteiger partial charge in [0.05, 0.1) is 24.9 Å². The fourth-order valence-corrected chi connectivity index (χ4v) is 3.90. The number of carbonyl (C=O) groups is 2. The second-order valence-electron chi connectivity index (χ2n) is 7.69. The van der Waals surface area contributed by atoms with Gasteiger partial charge in [-0.1, -0.05) is 12.1 Å². The Morgan fingerprint density at radius 1 is 1.10 bits per heavy atom. The number of nitrogens with two attached hydrogens (primary N) is 1. The van der Waals surface area contributed by atoms with E-state index in [1.165, 1.54) is 0 Å². The van der Waals surface area contributed by atoms with Gasteiger partial charge >= 0.3 is 0 Å². The molecule has 1 saturated heterocycles. The van der Waals surface area contributed by atoms with E-state index in [0.29, 0.717) is 25.2 Å². The summed E-state index contributed by atoms with van der Waals surface area (Å²) in [7, 11) is 1.83. The molecule has 3 heterocycles. The van der Waals surface area contributed by atoms with E-state index in [0.717, 1.165) is 16.7 Å². The second-order valence-corrected chi connectivity index (χ2v) is 7.69. The monoisotopic (exact) mass is 392 g/mol. The third kappa shape index (κ3) is 3.91. The number of carbonyl (C=O) groups excluding carboxylic acids is 2. The number of nitrogens with zero attached hydrogens (tertiary/aromatic N) is 5. The van der Waals surface area contributed by atoms with Crippen molar-refractivity contribution in [2.45, 2.75) is 19.4 Å². The molecule has 0 aliphatic carbocycles. The first kappa shape index (κ1) is 18.9. The Morgan fingerprint density at radius 2 is 1.86 bits per heavy atom. The molecule has 150 valence electrons. The molecule has 2 atom stereocenters. The molecule has 2 N–H and O–H groups in total. The first-order chi connectivity index (χ1) is 13.9. The number of rotatable bonds is 5. The molecule has 3 aromatic rings. The highest BCUT2D eigenvalue weighted by atomic mass is 16.2. The molecule has 1 aliphatic rings. The number of benzene rings is 1. The van der Waals surface area contributed by atoms with Gasteiger partial charge in [0.1, 0.15) is 0 Å². The topological polar surface area (TPSA) is 99.0 Å². The standard InChI is InChI=1S/C21H24N6O2/c1-14-7-24-27(9-14)10-15-3-5-16(6-4-15)21(29)26-12-18(19(13-26)20(22)28)17-8-23-25(2)11-17/h3-9,11,18-19H,10,12-13H2,1-2H3,(H2,22,28)/t18-,19+/m1/s1. The van der Waals surface area contributed by atoms with Crippen LogP contribution in [0.5, 0.6) is 0 Å². The van der Waals surface area contributed by atoms with Gasteiger partial charge in [-0.25, -0.2) is 0 Å². The van der Waals surface area contributed by atoms with Gasteiger partial charge in [0.2, 0.25) is 5.91 Å². The molecule has 2 aromatic heterocycles. The number of primary amides is 1. The molecule has 1 aromatic carbocycles. The van der Waals surface area contributed by atoms with Crippen LogP contribution in [0.3, 0.4) is 0 Å². The quantitative estimate of drug-likeness (QED) is 0.708. The first-order valence-corrected chi connectivity index (χ1v) is 9.56. The smallest absolute Gasteiger partial charge is 0.253 e. The summed E-state index contributed by atoms with van der Waals surface area (Å²) in [5, 5.41) is 8.47. The number of amides is 2. The molecular formula is C21H24N6O2. The summed E-state index contributed by atoms with van der Waals surface area (Å²) in [6.45, 7) is 3.42. The largest absolute Gasteiger partial charge is 0.369 e. The van der Waals surface area contributed by atoms with E-state index >= 15 is 0 Å². The van der Waals surface area contributed by atoms with Gasteiger partial charge < -0.3 is 10.6 Å². The van der Waals surface area contributed by atoms with E-state index in [4.69, 9.17) is 5.73 Å². The Labute approximate surface area is 168 Å². The van der Waals surface area contributed by atoms with Crippen molar-refractivity contribution in [3.63, 3.8) is 0 Å². The number of aryl methyl sites for hydroxylation is 2. The molecular weight excluding hydrogens is 368 g/mol. The fourth-order valence-electron chi connectivity index (χ4n) is 3.90. The fraction of sp³-hybridized carbons (Fsp3) is 0.333. The van der Waals surface area contributed by atoms with Crippen LogP contribution in [0.1, 0.15) is 33.0 Å². The van der Waals surface area contributed by atoms with E-state index in [1.54, 1.807) is 15.8 Å². The molecule has 29 heavy (non-hydrogen) atoms. The van der Waals surface area contributed by atoms with Crippen molar-refractivity contribution in [2.75, 3.05) is 13.1 Å². The van der Waals surface area contributed by atoms with Gasteiger partial charge in [-0.15, -0.1) is 0 Å². The predicted octanol–water partition coefficient (Wildman–Crippen LogP) is 1.31. The van der Waals surface area contributed by atoms with Gasteiger partial charge in [-0.2, -0.15) is 10.2 Å². The van der Waals surface area contributed by atoms with Gasteiger partial charge in [0.15, 0.2) is 0 Å². The van der Waals surface area contributed by atoms with Crippen LogP contribution < -0.4 is 5.73 Å². The summed E-state index contributed by atoms with van der Waals surface area (Å²) in [6, 6.07) is 7.52. The van der Waals surface area contributed by atoms with Crippen LogP contribution in [0.2, 0.25) is 0 Å². The van der Waals surface area contributed by atoms with E-state index in [9.17, 15) is 9.59 Å². The van der Waals surface area contributed by atoms with E-state index in [-0.39, 0.29) is 17.7 Å². The Morgan fingerprint density at radius 3 is 2.45 bits per heavy atom. The van der Waals surface area contributed by atoms with Crippen LogP contribution in [0.15, 0.2) is 49.1 Å². The summed E-state index contributed by atoms with van der Waals surface area (Å²) in [5.74, 6) is -1.03. The Bertz CT molecular complexity index is 1040. The molecule has 8 heteroatoms. The van der Waals surface area contributed by atoms with E-state index in [1.807, 2.05) is 61.5 Å². The average Bonchev–Trinajstić information content (AvgIpc) is 3.41. The van der Waals surface area contributed by atoms with E-state index < -0.39 is 5.92 Å². The van der Waals surface area contributed by atoms with Crippen LogP contribution in [-0.2, 0) is 18.4 Å². The van der Waals surface area contributed by atoms with Gasteiger partial charge in [0.25, 0.3) is 5.91 Å². The predicted molar refractivity (Wildman–Crippen MR) is 107 cm³/mol. The zero-order chi connectivity index (χ0) is 20.5. The highest BCUT2D eigenvalue weighted by Crippen LogP contribution is 2.33. The summed E-state index contributed by atoms with van der Waals surface area (Å²) < 4.78 is 3.56. The summed E-state index contributed by atoms with van der Waals surface area (Å²) in [6.07, 6.45) is 7.41. The highest BCUT2D eigenvalue weighted by Gasteiger charge is 2.40. The molecule has 8 nitrogen and oxygen atoms in total. The Balaban J connectivity index is 1.48. The lowest BCUT2D eigenvalue weighted by atomic mass is 9.90. The Kier molecular flexibility index (Phi) is 4.92. The van der Waals surface area contributed by atoms with Crippen molar-refractivity contribution >= 4 is 11.8 Å². The minimum absolute atomic E-state index is 0.0934. The molecule has 0 saturated carbocycles. The first-order valence-electron chi connectivity index (χ1n) is 9.56. The Hall–Kier alpha value is -3.42. The number of hydrogen-bond acceptors (Lipinski definition) is 4. The summed E-state index contributed by atoms with van der Waals surface area (Å²) in [4.78, 5) is 26.7. The normalized spacial score (nSPS) is 18.9. The van der Waals surface area contributed by atoms with Crippen LogP contribution in [0.25, 0.3) is 0 Å². The van der Waals surface area contributed by atoms with Crippen molar-refractivity contribution in [3.05, 3.63) is 71.3 Å². The minimum atomic E-state index is -0.412. The maximum absolute atomic E-state index is 13.0. The molecule has 0 bridgehead atoms. The molecule has 0 unspecified atom stereocenters. The maximum atomic E-state index is 13.0. The second kappa shape index (κ2) is 7.54. The lowest BCUT2D eigenvalue weighted by molar-refractivity contribution is -0.121. The van der Waals surface area contributed by atoms with Gasteiger partial charge in [-0.3, -0.25) is 19.0 Å². The maximum Gasteiger partial charge on any atom is 0.253 e. The van der Waals surface area contributed by atoms with Crippen molar-refractivity contribution in [2.24, 2.45) is 18.7 Å².